The van der Waals surface area contributed by atoms with Crippen LogP contribution in [0.4, 0.5) is 0 Å². The highest BCUT2D eigenvalue weighted by Crippen LogP contribution is 2.13. The maximum atomic E-state index is 2.40. The fraction of sp³-hybridized carbons (Fsp3) is 0.364. The van der Waals surface area contributed by atoms with E-state index in [1.807, 2.05) is 0 Å². The predicted octanol–water partition coefficient (Wildman–Crippen LogP) is 2.29. The van der Waals surface area contributed by atoms with Crippen molar-refractivity contribution >= 4 is 0 Å². The molecule has 0 saturated carbocycles. The summed E-state index contributed by atoms with van der Waals surface area (Å²) in [6, 6.07) is 10.5. The Hall–Kier alpha value is -0.820. The van der Waals surface area contributed by atoms with Crippen LogP contribution in [0.25, 0.3) is 0 Å². The second kappa shape index (κ2) is 3.72. The summed E-state index contributed by atoms with van der Waals surface area (Å²) in [6.45, 7) is 4.72. The molecule has 0 amide bonds. The molecule has 0 atom stereocenters. The molecule has 1 aliphatic rings. The zero-order valence-electron chi connectivity index (χ0n) is 7.24. The van der Waals surface area contributed by atoms with Crippen molar-refractivity contribution in [2.45, 2.75) is 12.8 Å². The third-order valence-electron chi connectivity index (χ3n) is 2.27. The lowest BCUT2D eigenvalue weighted by Gasteiger charge is -2.12. The van der Waals surface area contributed by atoms with Crippen LogP contribution in [0.5, 0.6) is 0 Å². The average Bonchev–Trinajstić information content (AvgIpc) is 2.59. The number of likely N-dealkylation sites (tertiary alicyclic amines) is 1. The van der Waals surface area contributed by atoms with Gasteiger partial charge in [0.1, 0.15) is 0 Å². The molecule has 0 unspecified atom stereocenters. The van der Waals surface area contributed by atoms with Gasteiger partial charge < -0.3 is 0 Å². The van der Waals surface area contributed by atoms with Crippen LogP contribution in [0, 0.1) is 6.54 Å². The summed E-state index contributed by atoms with van der Waals surface area (Å²) < 4.78 is 0. The monoisotopic (exact) mass is 160 g/mol. The van der Waals surface area contributed by atoms with Gasteiger partial charge in [0.15, 0.2) is 0 Å². The van der Waals surface area contributed by atoms with Crippen molar-refractivity contribution in [3.63, 3.8) is 0 Å². The van der Waals surface area contributed by atoms with Crippen LogP contribution in [-0.2, 0) is 0 Å². The van der Waals surface area contributed by atoms with Gasteiger partial charge in [-0.3, -0.25) is 4.90 Å². The summed E-state index contributed by atoms with van der Waals surface area (Å²) in [7, 11) is 0. The molecule has 1 nitrogen and oxygen atoms in total. The van der Waals surface area contributed by atoms with E-state index < -0.39 is 0 Å². The van der Waals surface area contributed by atoms with Crippen LogP contribution in [-0.4, -0.2) is 18.0 Å². The Balaban J connectivity index is 1.94. The topological polar surface area (TPSA) is 3.24 Å². The molecule has 1 saturated heterocycles. The zero-order valence-corrected chi connectivity index (χ0v) is 7.24. The number of benzene rings is 1. The lowest BCUT2D eigenvalue weighted by atomic mass is 10.2. The first kappa shape index (κ1) is 7.81. The van der Waals surface area contributed by atoms with E-state index in [9.17, 15) is 0 Å². The molecule has 0 aliphatic carbocycles. The van der Waals surface area contributed by atoms with Crippen molar-refractivity contribution in [1.29, 1.82) is 0 Å². The Bertz CT molecular complexity index is 224. The van der Waals surface area contributed by atoms with E-state index >= 15 is 0 Å². The maximum absolute atomic E-state index is 2.40. The quantitative estimate of drug-likeness (QED) is 0.641. The smallest absolute Gasteiger partial charge is 0.0545 e. The molecule has 63 valence electrons. The van der Waals surface area contributed by atoms with E-state index in [4.69, 9.17) is 0 Å². The minimum Gasteiger partial charge on any atom is -0.294 e. The third-order valence-corrected chi connectivity index (χ3v) is 2.27. The first-order chi connectivity index (χ1) is 5.95. The van der Waals surface area contributed by atoms with Crippen molar-refractivity contribution in [3.8, 4) is 0 Å². The van der Waals surface area contributed by atoms with Gasteiger partial charge in [-0.2, -0.15) is 0 Å². The van der Waals surface area contributed by atoms with Crippen molar-refractivity contribution in [1.82, 2.24) is 4.90 Å². The van der Waals surface area contributed by atoms with E-state index in [1.54, 1.807) is 0 Å². The summed E-state index contributed by atoms with van der Waals surface area (Å²) in [6.07, 6.45) is 2.70. The predicted molar refractivity (Wildman–Crippen MR) is 50.7 cm³/mol. The summed E-state index contributed by atoms with van der Waals surface area (Å²) in [5.41, 5.74) is 1.32. The summed E-state index contributed by atoms with van der Waals surface area (Å²) in [4.78, 5) is 2.40. The Morgan fingerprint density at radius 3 is 2.33 bits per heavy atom. The van der Waals surface area contributed by atoms with E-state index in [2.05, 4.69) is 41.8 Å². The molecule has 1 heteroatoms. The highest BCUT2D eigenvalue weighted by molar-refractivity contribution is 5.21. The van der Waals surface area contributed by atoms with Crippen molar-refractivity contribution in [2.24, 2.45) is 0 Å². The summed E-state index contributed by atoms with van der Waals surface area (Å²) in [5.74, 6) is 0. The van der Waals surface area contributed by atoms with Crippen LogP contribution in [0.1, 0.15) is 18.4 Å². The summed E-state index contributed by atoms with van der Waals surface area (Å²) in [5, 5.41) is 0. The lowest BCUT2D eigenvalue weighted by molar-refractivity contribution is 0.428. The molecular weight excluding hydrogens is 146 g/mol. The van der Waals surface area contributed by atoms with Crippen molar-refractivity contribution in [2.75, 3.05) is 13.1 Å². The molecule has 1 aromatic carbocycles. The largest absolute Gasteiger partial charge is 0.294 e. The van der Waals surface area contributed by atoms with Crippen molar-refractivity contribution < 1.29 is 0 Å². The molecule has 0 spiro atoms. The van der Waals surface area contributed by atoms with Crippen LogP contribution >= 0.6 is 0 Å². The van der Waals surface area contributed by atoms with Gasteiger partial charge in [-0.25, -0.2) is 0 Å². The van der Waals surface area contributed by atoms with E-state index in [1.165, 1.54) is 31.5 Å². The summed E-state index contributed by atoms with van der Waals surface area (Å²) >= 11 is 0. The highest BCUT2D eigenvalue weighted by atomic mass is 15.1. The van der Waals surface area contributed by atoms with Crippen LogP contribution < -0.4 is 0 Å². The van der Waals surface area contributed by atoms with Gasteiger partial charge in [-0.05, 0) is 31.5 Å². The molecule has 1 radical (unpaired) electrons. The lowest BCUT2D eigenvalue weighted by Crippen LogP contribution is -2.15. The van der Waals surface area contributed by atoms with Gasteiger partial charge in [0, 0.05) is 0 Å². The van der Waals surface area contributed by atoms with E-state index in [0.717, 1.165) is 0 Å². The standard InChI is InChI=1S/C11H14N/c1-2-6-11(7-3-1)10-12-8-4-5-9-12/h1-3,6-7,10H,4-5,8-9H2. The van der Waals surface area contributed by atoms with Gasteiger partial charge >= 0.3 is 0 Å². The third kappa shape index (κ3) is 1.86. The zero-order chi connectivity index (χ0) is 8.23. The molecule has 0 aromatic heterocycles. The number of hydrogen-bond acceptors (Lipinski definition) is 1. The van der Waals surface area contributed by atoms with Crippen LogP contribution in [0.2, 0.25) is 0 Å². The van der Waals surface area contributed by atoms with Gasteiger partial charge in [0.2, 0.25) is 0 Å². The molecule has 1 fully saturated rings. The molecule has 0 bridgehead atoms. The van der Waals surface area contributed by atoms with E-state index in [0.29, 0.717) is 0 Å². The number of rotatable bonds is 2. The molecule has 0 N–H and O–H groups in total. The van der Waals surface area contributed by atoms with Gasteiger partial charge in [-0.15, -0.1) is 0 Å². The van der Waals surface area contributed by atoms with Gasteiger partial charge in [-0.1, -0.05) is 30.3 Å². The van der Waals surface area contributed by atoms with Crippen molar-refractivity contribution in [3.05, 3.63) is 42.4 Å². The number of hydrogen-bond donors (Lipinski definition) is 0. The first-order valence-corrected chi connectivity index (χ1v) is 4.59. The maximum Gasteiger partial charge on any atom is 0.0545 e. The Labute approximate surface area is 74.0 Å². The second-order valence-electron chi connectivity index (χ2n) is 3.28. The molecule has 1 aliphatic heterocycles. The Morgan fingerprint density at radius 2 is 1.67 bits per heavy atom. The second-order valence-corrected chi connectivity index (χ2v) is 3.28. The Kier molecular flexibility index (Phi) is 2.42. The molecule has 1 aromatic rings. The first-order valence-electron chi connectivity index (χ1n) is 4.59. The number of nitrogens with zero attached hydrogens (tertiary/aromatic N) is 1. The highest BCUT2D eigenvalue weighted by Gasteiger charge is 2.11. The Morgan fingerprint density at radius 1 is 1.00 bits per heavy atom. The van der Waals surface area contributed by atoms with Crippen LogP contribution in [0.15, 0.2) is 30.3 Å². The fourth-order valence-electron chi connectivity index (χ4n) is 1.62. The molecule has 12 heavy (non-hydrogen) atoms. The fourth-order valence-corrected chi connectivity index (χ4v) is 1.62. The van der Waals surface area contributed by atoms with Crippen LogP contribution in [0.3, 0.4) is 0 Å². The minimum absolute atomic E-state index is 1.23. The van der Waals surface area contributed by atoms with Gasteiger partial charge in [0.25, 0.3) is 0 Å². The molecule has 2 rings (SSSR count). The normalized spacial score (nSPS) is 18.3. The molecule has 1 heterocycles. The SMILES string of the molecule is [CH](c1ccccc1)N1CCCC1. The molecular formula is C11H14N. The van der Waals surface area contributed by atoms with Gasteiger partial charge in [0.05, 0.1) is 6.54 Å². The minimum atomic E-state index is 1.23. The average molecular weight is 160 g/mol. The van der Waals surface area contributed by atoms with E-state index in [-0.39, 0.29) is 0 Å².